The van der Waals surface area contributed by atoms with Crippen LogP contribution in [0.4, 0.5) is 0 Å². The summed E-state index contributed by atoms with van der Waals surface area (Å²) in [6.45, 7) is 0. The number of aromatic nitrogens is 2. The lowest BCUT2D eigenvalue weighted by atomic mass is 10.0. The molecule has 1 aromatic heterocycles. The third-order valence-corrected chi connectivity index (χ3v) is 3.00. The van der Waals surface area contributed by atoms with Crippen molar-refractivity contribution in [2.24, 2.45) is 5.73 Å². The van der Waals surface area contributed by atoms with Crippen molar-refractivity contribution in [2.75, 3.05) is 5.75 Å². The van der Waals surface area contributed by atoms with Crippen LogP contribution in [0.1, 0.15) is 11.5 Å². The Morgan fingerprint density at radius 2 is 2.33 bits per heavy atom. The summed E-state index contributed by atoms with van der Waals surface area (Å²) in [5.74, 6) is 0.257. The molecule has 0 fully saturated rings. The minimum absolute atomic E-state index is 0.180. The van der Waals surface area contributed by atoms with E-state index in [9.17, 15) is 4.79 Å². The number of nitrogens with two attached hydrogens (primary N) is 1. The van der Waals surface area contributed by atoms with Gasteiger partial charge in [0.05, 0.1) is 18.3 Å². The molecule has 0 radical (unpaired) electrons. The van der Waals surface area contributed by atoms with E-state index in [1.54, 1.807) is 24.2 Å². The van der Waals surface area contributed by atoms with Crippen LogP contribution in [-0.2, 0) is 4.79 Å². The molecule has 1 atom stereocenters. The Hall–Kier alpha value is -1.10. The highest BCUT2D eigenvalue weighted by Crippen LogP contribution is 2.37. The van der Waals surface area contributed by atoms with Crippen molar-refractivity contribution in [1.82, 2.24) is 10.2 Å². The Bertz CT molecular complexity index is 328. The van der Waals surface area contributed by atoms with Gasteiger partial charge in [-0.15, -0.1) is 11.8 Å². The quantitative estimate of drug-likeness (QED) is 0.669. The number of carbonyl (C=O) groups excluding carboxylic acids is 1. The molecule has 4 nitrogen and oxygen atoms in total. The fourth-order valence-electron chi connectivity index (χ4n) is 1.20. The molecule has 2 rings (SSSR count). The van der Waals surface area contributed by atoms with E-state index >= 15 is 0 Å². The summed E-state index contributed by atoms with van der Waals surface area (Å²) in [7, 11) is 0. The van der Waals surface area contributed by atoms with Crippen LogP contribution in [0.3, 0.4) is 0 Å². The maximum Gasteiger partial charge on any atom is 0.225 e. The van der Waals surface area contributed by atoms with E-state index in [4.69, 9.17) is 5.73 Å². The number of hydrogen-bond donors (Lipinski definition) is 1. The maximum atomic E-state index is 10.9. The fraction of sp³-hybridized carbons (Fsp3) is 0.286. The third kappa shape index (κ3) is 1.06. The Balaban J connectivity index is 2.42. The number of thioether (sulfide) groups is 1. The summed E-state index contributed by atoms with van der Waals surface area (Å²) < 4.78 is 0. The number of rotatable bonds is 1. The van der Waals surface area contributed by atoms with Gasteiger partial charge in [0.15, 0.2) is 0 Å². The van der Waals surface area contributed by atoms with Crippen LogP contribution in [0.25, 0.3) is 0 Å². The molecule has 1 aliphatic rings. The van der Waals surface area contributed by atoms with Crippen LogP contribution < -0.4 is 5.73 Å². The molecule has 12 heavy (non-hydrogen) atoms. The van der Waals surface area contributed by atoms with Crippen LogP contribution in [0, 0.1) is 0 Å². The Morgan fingerprint density at radius 3 is 3.08 bits per heavy atom. The number of amides is 1. The number of carbonyl (C=O) groups is 1. The van der Waals surface area contributed by atoms with Gasteiger partial charge < -0.3 is 5.73 Å². The predicted octanol–water partition coefficient (Wildman–Crippen LogP) is 0.151. The maximum absolute atomic E-state index is 10.9. The summed E-state index contributed by atoms with van der Waals surface area (Å²) in [6, 6.07) is 0. The first-order valence-electron chi connectivity index (χ1n) is 3.51. The molecular formula is C7H7N3OS. The molecule has 1 unspecified atom stereocenters. The lowest BCUT2D eigenvalue weighted by Gasteiger charge is -2.02. The highest BCUT2D eigenvalue weighted by atomic mass is 32.2. The van der Waals surface area contributed by atoms with Gasteiger partial charge in [-0.25, -0.2) is 0 Å². The van der Waals surface area contributed by atoms with Gasteiger partial charge in [0.2, 0.25) is 5.91 Å². The minimum atomic E-state index is -0.283. The molecule has 2 heterocycles. The monoisotopic (exact) mass is 181 g/mol. The van der Waals surface area contributed by atoms with E-state index in [0.717, 1.165) is 16.2 Å². The van der Waals surface area contributed by atoms with Crippen LogP contribution in [-0.4, -0.2) is 21.9 Å². The van der Waals surface area contributed by atoms with Gasteiger partial charge in [0, 0.05) is 16.2 Å². The van der Waals surface area contributed by atoms with Crippen molar-refractivity contribution >= 4 is 17.7 Å². The van der Waals surface area contributed by atoms with Crippen molar-refractivity contribution in [2.45, 2.75) is 10.8 Å². The number of primary amides is 1. The van der Waals surface area contributed by atoms with Crippen molar-refractivity contribution in [3.05, 3.63) is 18.0 Å². The summed E-state index contributed by atoms with van der Waals surface area (Å²) in [5.41, 5.74) is 6.13. The molecule has 0 aromatic carbocycles. The van der Waals surface area contributed by atoms with Crippen LogP contribution in [0.5, 0.6) is 0 Å². The Labute approximate surface area is 73.6 Å². The topological polar surface area (TPSA) is 68.9 Å². The van der Waals surface area contributed by atoms with Crippen LogP contribution >= 0.6 is 11.8 Å². The first-order chi connectivity index (χ1) is 5.79. The fourth-order valence-corrected chi connectivity index (χ4v) is 2.37. The molecule has 0 saturated heterocycles. The molecule has 0 bridgehead atoms. The van der Waals surface area contributed by atoms with Gasteiger partial charge in [0.25, 0.3) is 0 Å². The minimum Gasteiger partial charge on any atom is -0.369 e. The smallest absolute Gasteiger partial charge is 0.225 e. The average Bonchev–Trinajstić information content (AvgIpc) is 2.47. The van der Waals surface area contributed by atoms with Crippen LogP contribution in [0.2, 0.25) is 0 Å². The zero-order valence-corrected chi connectivity index (χ0v) is 7.04. The lowest BCUT2D eigenvalue weighted by molar-refractivity contribution is -0.118. The lowest BCUT2D eigenvalue weighted by Crippen LogP contribution is -2.21. The van der Waals surface area contributed by atoms with E-state index in [1.807, 2.05) is 0 Å². The summed E-state index contributed by atoms with van der Waals surface area (Å²) >= 11 is 1.60. The van der Waals surface area contributed by atoms with Crippen molar-refractivity contribution in [3.63, 3.8) is 0 Å². The van der Waals surface area contributed by atoms with E-state index in [2.05, 4.69) is 10.2 Å². The molecule has 0 spiro atoms. The van der Waals surface area contributed by atoms with E-state index in [-0.39, 0.29) is 11.8 Å². The van der Waals surface area contributed by atoms with Crippen molar-refractivity contribution < 1.29 is 4.79 Å². The summed E-state index contributed by atoms with van der Waals surface area (Å²) in [4.78, 5) is 11.9. The number of nitrogens with zero attached hydrogens (tertiary/aromatic N) is 2. The van der Waals surface area contributed by atoms with Gasteiger partial charge >= 0.3 is 0 Å². The zero-order valence-electron chi connectivity index (χ0n) is 6.23. The van der Waals surface area contributed by atoms with Gasteiger partial charge in [0.1, 0.15) is 0 Å². The van der Waals surface area contributed by atoms with Crippen molar-refractivity contribution in [1.29, 1.82) is 0 Å². The molecule has 5 heteroatoms. The molecular weight excluding hydrogens is 174 g/mol. The molecule has 1 aromatic rings. The van der Waals surface area contributed by atoms with Crippen molar-refractivity contribution in [3.8, 4) is 0 Å². The average molecular weight is 181 g/mol. The first kappa shape index (κ1) is 7.54. The van der Waals surface area contributed by atoms with Gasteiger partial charge in [-0.1, -0.05) is 0 Å². The SMILES string of the molecule is NC(=O)C1CSc2cnncc21. The number of fused-ring (bicyclic) bond motifs is 1. The van der Waals surface area contributed by atoms with Crippen LogP contribution in [0.15, 0.2) is 17.3 Å². The second-order valence-electron chi connectivity index (χ2n) is 2.57. The zero-order chi connectivity index (χ0) is 8.55. The first-order valence-corrected chi connectivity index (χ1v) is 4.50. The highest BCUT2D eigenvalue weighted by molar-refractivity contribution is 7.99. The number of hydrogen-bond acceptors (Lipinski definition) is 4. The van der Waals surface area contributed by atoms with Gasteiger partial charge in [-0.3, -0.25) is 4.79 Å². The molecule has 1 aliphatic heterocycles. The standard InChI is InChI=1S/C7H7N3OS/c8-7(11)5-3-12-6-2-10-9-1-4(5)6/h1-2,5H,3H2,(H2,8,11). The molecule has 2 N–H and O–H groups in total. The molecule has 0 aliphatic carbocycles. The summed E-state index contributed by atoms with van der Waals surface area (Å²) in [6.07, 6.45) is 3.29. The Kier molecular flexibility index (Phi) is 1.73. The third-order valence-electron chi connectivity index (χ3n) is 1.85. The second kappa shape index (κ2) is 2.75. The van der Waals surface area contributed by atoms with E-state index < -0.39 is 0 Å². The largest absolute Gasteiger partial charge is 0.369 e. The molecule has 1 amide bonds. The summed E-state index contributed by atoms with van der Waals surface area (Å²) in [5, 5.41) is 7.45. The predicted molar refractivity (Wildman–Crippen MR) is 44.7 cm³/mol. The van der Waals surface area contributed by atoms with E-state index in [0.29, 0.717) is 0 Å². The van der Waals surface area contributed by atoms with Gasteiger partial charge in [-0.05, 0) is 0 Å². The Morgan fingerprint density at radius 1 is 1.58 bits per heavy atom. The van der Waals surface area contributed by atoms with E-state index in [1.165, 1.54) is 0 Å². The normalized spacial score (nSPS) is 20.5. The molecule has 0 saturated carbocycles. The molecule has 62 valence electrons. The van der Waals surface area contributed by atoms with Gasteiger partial charge in [-0.2, -0.15) is 10.2 Å². The second-order valence-corrected chi connectivity index (χ2v) is 3.64. The highest BCUT2D eigenvalue weighted by Gasteiger charge is 2.27.